The van der Waals surface area contributed by atoms with E-state index in [-0.39, 0.29) is 5.56 Å². The van der Waals surface area contributed by atoms with E-state index in [9.17, 15) is 4.79 Å². The van der Waals surface area contributed by atoms with E-state index in [1.807, 2.05) is 0 Å². The van der Waals surface area contributed by atoms with E-state index in [1.165, 1.54) is 0 Å². The number of hydrogen-bond donors (Lipinski definition) is 2. The van der Waals surface area contributed by atoms with Crippen molar-refractivity contribution in [3.63, 3.8) is 0 Å². The number of hydrogen-bond acceptors (Lipinski definition) is 2. The lowest BCUT2D eigenvalue weighted by Crippen LogP contribution is -2.13. The lowest BCUT2D eigenvalue weighted by molar-refractivity contribution is 1.19. The van der Waals surface area contributed by atoms with Crippen LogP contribution in [0.1, 0.15) is 11.1 Å². The molecule has 1 aromatic rings. The monoisotopic (exact) mass is 170 g/mol. The van der Waals surface area contributed by atoms with E-state index in [0.29, 0.717) is 16.3 Å². The van der Waals surface area contributed by atoms with Crippen LogP contribution in [0.15, 0.2) is 10.9 Å². The van der Waals surface area contributed by atoms with Crippen LogP contribution in [0.4, 0.5) is 0 Å². The number of H-pyrrole nitrogens is 1. The summed E-state index contributed by atoms with van der Waals surface area (Å²) in [6.07, 6.45) is 1.02. The fourth-order valence-corrected chi connectivity index (χ4v) is 1.09. The van der Waals surface area contributed by atoms with Gasteiger partial charge in [-0.25, -0.2) is 0 Å². The van der Waals surface area contributed by atoms with Crippen molar-refractivity contribution in [2.45, 2.75) is 6.92 Å². The topological polar surface area (TPSA) is 56.7 Å². The number of halogens is 1. The van der Waals surface area contributed by atoms with Crippen molar-refractivity contribution < 1.29 is 0 Å². The molecule has 58 valence electrons. The van der Waals surface area contributed by atoms with Crippen molar-refractivity contribution in [3.8, 4) is 0 Å². The molecule has 0 aliphatic carbocycles. The van der Waals surface area contributed by atoms with Crippen LogP contribution in [-0.2, 0) is 0 Å². The van der Waals surface area contributed by atoms with Gasteiger partial charge in [0.05, 0.1) is 5.56 Å². The van der Waals surface area contributed by atoms with Gasteiger partial charge in [0, 0.05) is 6.21 Å². The Bertz CT molecular complexity index is 343. The minimum atomic E-state index is -0.315. The second-order valence-electron chi connectivity index (χ2n) is 2.19. The van der Waals surface area contributed by atoms with Gasteiger partial charge in [0.2, 0.25) is 0 Å². The Balaban J connectivity index is 3.49. The molecular weight excluding hydrogens is 164 g/mol. The summed E-state index contributed by atoms with van der Waals surface area (Å²) in [5.41, 5.74) is 0.758. The van der Waals surface area contributed by atoms with Crippen molar-refractivity contribution in [1.29, 1.82) is 5.41 Å². The SMILES string of the molecule is Cc1cc(Cl)[nH]c(=O)c1C=N. The molecule has 11 heavy (non-hydrogen) atoms. The van der Waals surface area contributed by atoms with Crippen molar-refractivity contribution >= 4 is 17.8 Å². The molecule has 2 N–H and O–H groups in total. The quantitative estimate of drug-likeness (QED) is 0.485. The molecular formula is C7H7ClN2O. The summed E-state index contributed by atoms with van der Waals surface area (Å²) in [7, 11) is 0. The molecule has 4 heteroatoms. The first-order chi connectivity index (χ1) is 5.15. The molecule has 0 unspecified atom stereocenters. The van der Waals surface area contributed by atoms with Crippen LogP contribution in [0.2, 0.25) is 5.15 Å². The van der Waals surface area contributed by atoms with Gasteiger partial charge < -0.3 is 10.4 Å². The summed E-state index contributed by atoms with van der Waals surface area (Å²) in [5.74, 6) is 0. The molecule has 0 atom stereocenters. The smallest absolute Gasteiger partial charge is 0.258 e. The molecule has 0 saturated heterocycles. The normalized spacial score (nSPS) is 9.64. The molecule has 1 rings (SSSR count). The summed E-state index contributed by atoms with van der Waals surface area (Å²) in [6.45, 7) is 1.74. The Morgan fingerprint density at radius 3 is 2.82 bits per heavy atom. The number of aryl methyl sites for hydroxylation is 1. The second kappa shape index (κ2) is 2.88. The number of aromatic nitrogens is 1. The van der Waals surface area contributed by atoms with Crippen LogP contribution >= 0.6 is 11.6 Å². The molecule has 1 heterocycles. The lowest BCUT2D eigenvalue weighted by Gasteiger charge is -1.97. The van der Waals surface area contributed by atoms with Gasteiger partial charge in [-0.3, -0.25) is 4.79 Å². The zero-order valence-electron chi connectivity index (χ0n) is 5.94. The maximum Gasteiger partial charge on any atom is 0.258 e. The first-order valence-electron chi connectivity index (χ1n) is 3.05. The lowest BCUT2D eigenvalue weighted by atomic mass is 10.2. The third-order valence-electron chi connectivity index (χ3n) is 1.39. The summed E-state index contributed by atoms with van der Waals surface area (Å²) >= 11 is 5.55. The van der Waals surface area contributed by atoms with Gasteiger partial charge in [-0.1, -0.05) is 11.6 Å². The number of nitrogens with one attached hydrogen (secondary N) is 2. The van der Waals surface area contributed by atoms with Gasteiger partial charge in [-0.05, 0) is 18.6 Å². The average molecular weight is 171 g/mol. The van der Waals surface area contributed by atoms with Gasteiger partial charge in [-0.2, -0.15) is 0 Å². The van der Waals surface area contributed by atoms with Crippen LogP contribution < -0.4 is 5.56 Å². The highest BCUT2D eigenvalue weighted by molar-refractivity contribution is 6.29. The van der Waals surface area contributed by atoms with Gasteiger partial charge in [0.25, 0.3) is 5.56 Å². The van der Waals surface area contributed by atoms with Crippen LogP contribution in [0.5, 0.6) is 0 Å². The van der Waals surface area contributed by atoms with Crippen LogP contribution in [0.3, 0.4) is 0 Å². The van der Waals surface area contributed by atoms with E-state index in [1.54, 1.807) is 13.0 Å². The third kappa shape index (κ3) is 1.49. The van der Waals surface area contributed by atoms with Crippen molar-refractivity contribution in [1.82, 2.24) is 4.98 Å². The Kier molecular flexibility index (Phi) is 2.10. The molecule has 0 aromatic carbocycles. The Hall–Kier alpha value is -1.09. The van der Waals surface area contributed by atoms with E-state index in [0.717, 1.165) is 6.21 Å². The fraction of sp³-hybridized carbons (Fsp3) is 0.143. The summed E-state index contributed by atoms with van der Waals surface area (Å²) in [4.78, 5) is 13.4. The highest BCUT2D eigenvalue weighted by atomic mass is 35.5. The predicted molar refractivity (Wildman–Crippen MR) is 44.7 cm³/mol. The highest BCUT2D eigenvalue weighted by Gasteiger charge is 2.00. The van der Waals surface area contributed by atoms with Crippen molar-refractivity contribution in [2.24, 2.45) is 0 Å². The molecule has 1 aromatic heterocycles. The summed E-state index contributed by atoms with van der Waals surface area (Å²) in [6, 6.07) is 1.61. The average Bonchev–Trinajstić information content (AvgIpc) is 1.85. The first kappa shape index (κ1) is 8.01. The highest BCUT2D eigenvalue weighted by Crippen LogP contribution is 2.05. The van der Waals surface area contributed by atoms with E-state index >= 15 is 0 Å². The Morgan fingerprint density at radius 2 is 2.36 bits per heavy atom. The molecule has 0 aliphatic rings. The van der Waals surface area contributed by atoms with Crippen molar-refractivity contribution in [2.75, 3.05) is 0 Å². The Labute approximate surface area is 68.5 Å². The van der Waals surface area contributed by atoms with Gasteiger partial charge in [0.15, 0.2) is 0 Å². The predicted octanol–water partition coefficient (Wildman–Crippen LogP) is 1.33. The van der Waals surface area contributed by atoms with Crippen molar-refractivity contribution in [3.05, 3.63) is 32.7 Å². The minimum Gasteiger partial charge on any atom is -0.312 e. The zero-order chi connectivity index (χ0) is 8.43. The molecule has 0 spiro atoms. The standard InChI is InChI=1S/C7H7ClN2O/c1-4-2-6(8)10-7(11)5(4)3-9/h2-3,9H,1H3,(H,10,11). The van der Waals surface area contributed by atoms with Gasteiger partial charge in [0.1, 0.15) is 5.15 Å². The Morgan fingerprint density at radius 1 is 1.73 bits per heavy atom. The first-order valence-corrected chi connectivity index (χ1v) is 3.43. The molecule has 0 saturated carbocycles. The largest absolute Gasteiger partial charge is 0.312 e. The van der Waals surface area contributed by atoms with E-state index in [2.05, 4.69) is 4.98 Å². The van der Waals surface area contributed by atoms with Crippen LogP contribution in [0.25, 0.3) is 0 Å². The number of aromatic amines is 1. The fourth-order valence-electron chi connectivity index (χ4n) is 0.838. The molecule has 0 radical (unpaired) electrons. The molecule has 0 amide bonds. The summed E-state index contributed by atoms with van der Waals surface area (Å²) < 4.78 is 0. The zero-order valence-corrected chi connectivity index (χ0v) is 6.70. The molecule has 0 bridgehead atoms. The van der Waals surface area contributed by atoms with Crippen LogP contribution in [-0.4, -0.2) is 11.2 Å². The van der Waals surface area contributed by atoms with E-state index in [4.69, 9.17) is 17.0 Å². The molecule has 0 aliphatic heterocycles. The van der Waals surface area contributed by atoms with Gasteiger partial charge >= 0.3 is 0 Å². The van der Waals surface area contributed by atoms with Gasteiger partial charge in [-0.15, -0.1) is 0 Å². The minimum absolute atomic E-state index is 0.304. The summed E-state index contributed by atoms with van der Waals surface area (Å²) in [5, 5.41) is 7.21. The maximum atomic E-state index is 11.0. The maximum absolute atomic E-state index is 11.0. The molecule has 3 nitrogen and oxygen atoms in total. The number of pyridine rings is 1. The molecule has 0 fully saturated rings. The number of rotatable bonds is 1. The second-order valence-corrected chi connectivity index (χ2v) is 2.59. The van der Waals surface area contributed by atoms with E-state index < -0.39 is 0 Å². The third-order valence-corrected chi connectivity index (χ3v) is 1.59. The van der Waals surface area contributed by atoms with Crippen LogP contribution in [0, 0.1) is 12.3 Å².